The van der Waals surface area contributed by atoms with Crippen molar-refractivity contribution in [2.24, 2.45) is 0 Å². The molecular formula is C20H16N4O5. The molecular weight excluding hydrogens is 376 g/mol. The van der Waals surface area contributed by atoms with Gasteiger partial charge in [-0.1, -0.05) is 0 Å². The predicted molar refractivity (Wildman–Crippen MR) is 99.9 cm³/mol. The van der Waals surface area contributed by atoms with E-state index < -0.39 is 12.1 Å². The van der Waals surface area contributed by atoms with Crippen molar-refractivity contribution in [2.45, 2.75) is 13.0 Å². The van der Waals surface area contributed by atoms with Crippen LogP contribution in [0.5, 0.6) is 5.75 Å². The summed E-state index contributed by atoms with van der Waals surface area (Å²) in [5.74, 6) is 1.11. The quantitative estimate of drug-likeness (QED) is 0.453. The van der Waals surface area contributed by atoms with E-state index in [1.54, 1.807) is 62.6 Å². The summed E-state index contributed by atoms with van der Waals surface area (Å²) in [5.41, 5.74) is 1.81. The molecule has 0 aliphatic heterocycles. The molecule has 4 aromatic rings. The van der Waals surface area contributed by atoms with Crippen LogP contribution in [0.25, 0.3) is 22.9 Å². The molecule has 0 saturated carbocycles. The largest absolute Gasteiger partial charge is 0.497 e. The number of aromatic nitrogens is 4. The maximum absolute atomic E-state index is 12.4. The second-order valence-corrected chi connectivity index (χ2v) is 6.04. The zero-order valence-corrected chi connectivity index (χ0v) is 15.6. The van der Waals surface area contributed by atoms with Gasteiger partial charge in [-0.3, -0.25) is 0 Å². The summed E-state index contributed by atoms with van der Waals surface area (Å²) in [6.45, 7) is 1.66. The highest BCUT2D eigenvalue weighted by atomic mass is 16.6. The maximum atomic E-state index is 12.4. The number of ether oxygens (including phenoxy) is 2. The Hall–Kier alpha value is -4.01. The average Bonchev–Trinajstić information content (AvgIpc) is 3.46. The molecule has 9 heteroatoms. The maximum Gasteiger partial charge on any atom is 0.338 e. The van der Waals surface area contributed by atoms with Crippen LogP contribution in [0.4, 0.5) is 0 Å². The standard InChI is InChI=1S/C20H16N4O5/c1-12(17-23-24-19(29-17)14-7-9-16(26-2)10-8-14)28-20(25)15-5-3-13(4-6-15)18-22-21-11-27-18/h3-12H,1-2H3/t12-/m1/s1. The molecule has 0 N–H and O–H groups in total. The second-order valence-electron chi connectivity index (χ2n) is 6.04. The Bertz CT molecular complexity index is 1090. The van der Waals surface area contributed by atoms with Crippen molar-refractivity contribution < 1.29 is 23.1 Å². The van der Waals surface area contributed by atoms with E-state index in [9.17, 15) is 4.79 Å². The SMILES string of the molecule is COc1ccc(-c2nnc([C@@H](C)OC(=O)c3ccc(-c4nnco4)cc3)o2)cc1. The lowest BCUT2D eigenvalue weighted by atomic mass is 10.1. The molecule has 0 fully saturated rings. The van der Waals surface area contributed by atoms with Crippen molar-refractivity contribution in [3.05, 3.63) is 66.4 Å². The number of esters is 1. The van der Waals surface area contributed by atoms with Crippen LogP contribution in [-0.4, -0.2) is 33.5 Å². The van der Waals surface area contributed by atoms with E-state index in [2.05, 4.69) is 20.4 Å². The van der Waals surface area contributed by atoms with Crippen LogP contribution in [0, 0.1) is 0 Å². The van der Waals surface area contributed by atoms with Gasteiger partial charge in [-0.05, 0) is 55.5 Å². The molecule has 0 bridgehead atoms. The topological polar surface area (TPSA) is 113 Å². The smallest absolute Gasteiger partial charge is 0.338 e. The van der Waals surface area contributed by atoms with Gasteiger partial charge < -0.3 is 18.3 Å². The Labute approximate surface area is 165 Å². The number of nitrogens with zero attached hydrogens (tertiary/aromatic N) is 4. The van der Waals surface area contributed by atoms with E-state index in [4.69, 9.17) is 18.3 Å². The van der Waals surface area contributed by atoms with E-state index in [-0.39, 0.29) is 5.89 Å². The van der Waals surface area contributed by atoms with Gasteiger partial charge in [0.15, 0.2) is 6.10 Å². The molecule has 1 atom stereocenters. The molecule has 0 radical (unpaired) electrons. The highest BCUT2D eigenvalue weighted by Gasteiger charge is 2.20. The molecule has 146 valence electrons. The van der Waals surface area contributed by atoms with E-state index >= 15 is 0 Å². The number of methoxy groups -OCH3 is 1. The summed E-state index contributed by atoms with van der Waals surface area (Å²) < 4.78 is 21.3. The van der Waals surface area contributed by atoms with Crippen molar-refractivity contribution in [1.29, 1.82) is 0 Å². The van der Waals surface area contributed by atoms with Gasteiger partial charge in [0.1, 0.15) is 5.75 Å². The van der Waals surface area contributed by atoms with E-state index in [1.165, 1.54) is 6.39 Å². The normalized spacial score (nSPS) is 11.8. The zero-order chi connectivity index (χ0) is 20.2. The number of rotatable bonds is 6. The van der Waals surface area contributed by atoms with Gasteiger partial charge in [0.25, 0.3) is 5.89 Å². The molecule has 0 unspecified atom stereocenters. The van der Waals surface area contributed by atoms with Gasteiger partial charge in [0.05, 0.1) is 12.7 Å². The van der Waals surface area contributed by atoms with Crippen LogP contribution in [0.2, 0.25) is 0 Å². The van der Waals surface area contributed by atoms with Gasteiger partial charge in [-0.2, -0.15) is 0 Å². The number of benzene rings is 2. The third kappa shape index (κ3) is 3.98. The van der Waals surface area contributed by atoms with E-state index in [0.29, 0.717) is 22.9 Å². The third-order valence-corrected chi connectivity index (χ3v) is 4.14. The van der Waals surface area contributed by atoms with E-state index in [1.807, 2.05) is 0 Å². The number of carbonyl (C=O) groups is 1. The first-order chi connectivity index (χ1) is 14.1. The molecule has 2 heterocycles. The second kappa shape index (κ2) is 7.93. The zero-order valence-electron chi connectivity index (χ0n) is 15.6. The number of hydrogen-bond donors (Lipinski definition) is 0. The van der Waals surface area contributed by atoms with Crippen LogP contribution >= 0.6 is 0 Å². The molecule has 0 amide bonds. The summed E-state index contributed by atoms with van der Waals surface area (Å²) in [5, 5.41) is 15.4. The summed E-state index contributed by atoms with van der Waals surface area (Å²) >= 11 is 0. The lowest BCUT2D eigenvalue weighted by molar-refractivity contribution is 0.0280. The fourth-order valence-corrected chi connectivity index (χ4v) is 2.58. The molecule has 29 heavy (non-hydrogen) atoms. The Balaban J connectivity index is 1.43. The first kappa shape index (κ1) is 18.4. The summed E-state index contributed by atoms with van der Waals surface area (Å²) in [4.78, 5) is 12.4. The van der Waals surface area contributed by atoms with Crippen molar-refractivity contribution in [1.82, 2.24) is 20.4 Å². The van der Waals surface area contributed by atoms with Crippen LogP contribution < -0.4 is 4.74 Å². The highest BCUT2D eigenvalue weighted by Crippen LogP contribution is 2.25. The molecule has 2 aromatic heterocycles. The first-order valence-electron chi connectivity index (χ1n) is 8.69. The summed E-state index contributed by atoms with van der Waals surface area (Å²) in [7, 11) is 1.59. The summed E-state index contributed by atoms with van der Waals surface area (Å²) in [6.07, 6.45) is 0.529. The third-order valence-electron chi connectivity index (χ3n) is 4.14. The lowest BCUT2D eigenvalue weighted by Gasteiger charge is -2.09. The Morgan fingerprint density at radius 2 is 1.62 bits per heavy atom. The van der Waals surface area contributed by atoms with Crippen molar-refractivity contribution in [3.63, 3.8) is 0 Å². The van der Waals surface area contributed by atoms with Gasteiger partial charge in [0.2, 0.25) is 18.2 Å². The molecule has 0 saturated heterocycles. The minimum absolute atomic E-state index is 0.201. The van der Waals surface area contributed by atoms with Gasteiger partial charge >= 0.3 is 5.97 Å². The minimum Gasteiger partial charge on any atom is -0.497 e. The monoisotopic (exact) mass is 392 g/mol. The van der Waals surface area contributed by atoms with Crippen LogP contribution in [0.15, 0.2) is 63.8 Å². The fourth-order valence-electron chi connectivity index (χ4n) is 2.58. The molecule has 9 nitrogen and oxygen atoms in total. The minimum atomic E-state index is -0.711. The predicted octanol–water partition coefficient (Wildman–Crippen LogP) is 3.71. The number of hydrogen-bond acceptors (Lipinski definition) is 9. The Morgan fingerprint density at radius 3 is 2.28 bits per heavy atom. The van der Waals surface area contributed by atoms with Crippen molar-refractivity contribution in [2.75, 3.05) is 7.11 Å². The van der Waals surface area contributed by atoms with Gasteiger partial charge in [0, 0.05) is 11.1 Å². The van der Waals surface area contributed by atoms with Crippen molar-refractivity contribution in [3.8, 4) is 28.7 Å². The van der Waals surface area contributed by atoms with Crippen LogP contribution in [0.3, 0.4) is 0 Å². The van der Waals surface area contributed by atoms with Gasteiger partial charge in [-0.15, -0.1) is 20.4 Å². The Morgan fingerprint density at radius 1 is 0.931 bits per heavy atom. The average molecular weight is 392 g/mol. The molecule has 4 rings (SSSR count). The van der Waals surface area contributed by atoms with Crippen LogP contribution in [0.1, 0.15) is 29.3 Å². The number of carbonyl (C=O) groups excluding carboxylic acids is 1. The molecule has 0 aliphatic carbocycles. The van der Waals surface area contributed by atoms with Crippen LogP contribution in [-0.2, 0) is 4.74 Å². The van der Waals surface area contributed by atoms with E-state index in [0.717, 1.165) is 11.3 Å². The molecule has 0 spiro atoms. The fraction of sp³-hybridized carbons (Fsp3) is 0.150. The van der Waals surface area contributed by atoms with Crippen molar-refractivity contribution >= 4 is 5.97 Å². The van der Waals surface area contributed by atoms with Gasteiger partial charge in [-0.25, -0.2) is 4.79 Å². The highest BCUT2D eigenvalue weighted by molar-refractivity contribution is 5.90. The first-order valence-corrected chi connectivity index (χ1v) is 8.69. The summed E-state index contributed by atoms with van der Waals surface area (Å²) in [6, 6.07) is 13.8. The lowest BCUT2D eigenvalue weighted by Crippen LogP contribution is -2.09. The molecule has 2 aromatic carbocycles. The Kier molecular flexibility index (Phi) is 5.02. The molecule has 0 aliphatic rings.